The molecule has 3 rings (SSSR count). The first-order valence-electron chi connectivity index (χ1n) is 5.03. The maximum Gasteiger partial charge on any atom is 0.224 e. The van der Waals surface area contributed by atoms with E-state index in [2.05, 4.69) is 15.3 Å². The normalized spacial score (nSPS) is 27.3. The van der Waals surface area contributed by atoms with Crippen LogP contribution < -0.4 is 5.32 Å². The van der Waals surface area contributed by atoms with Crippen molar-refractivity contribution in [2.24, 2.45) is 0 Å². The summed E-state index contributed by atoms with van der Waals surface area (Å²) in [4.78, 5) is 9.54. The van der Waals surface area contributed by atoms with Gasteiger partial charge in [0.2, 0.25) is 5.28 Å². The molecule has 0 amide bonds. The molecule has 7 heteroatoms. The summed E-state index contributed by atoms with van der Waals surface area (Å²) in [6.07, 6.45) is 0.952. The van der Waals surface area contributed by atoms with Crippen molar-refractivity contribution in [3.8, 4) is 0 Å². The van der Waals surface area contributed by atoms with Gasteiger partial charge in [-0.3, -0.25) is 4.21 Å². The third-order valence-corrected chi connectivity index (χ3v) is 5.45. The molecular weight excluding hydrogens is 266 g/mol. The average molecular weight is 276 g/mol. The lowest BCUT2D eigenvalue weighted by atomic mass is 10.3. The van der Waals surface area contributed by atoms with Crippen molar-refractivity contribution in [3.05, 3.63) is 11.0 Å². The molecule has 0 unspecified atom stereocenters. The van der Waals surface area contributed by atoms with Crippen LogP contribution in [0.2, 0.25) is 5.28 Å². The highest BCUT2D eigenvalue weighted by Crippen LogP contribution is 2.36. The van der Waals surface area contributed by atoms with Gasteiger partial charge in [-0.25, -0.2) is 4.98 Å². The van der Waals surface area contributed by atoms with Crippen molar-refractivity contribution in [2.75, 3.05) is 22.6 Å². The van der Waals surface area contributed by atoms with Crippen LogP contribution in [0.25, 0.3) is 0 Å². The Labute approximate surface area is 105 Å². The lowest BCUT2D eigenvalue weighted by molar-refractivity contribution is 0.660. The molecule has 0 saturated carbocycles. The van der Waals surface area contributed by atoms with E-state index in [1.165, 1.54) is 0 Å². The molecule has 1 fully saturated rings. The Hall–Kier alpha value is -0.330. The smallest absolute Gasteiger partial charge is 0.224 e. The zero-order valence-electron chi connectivity index (χ0n) is 8.40. The maximum atomic E-state index is 11.0. The van der Waals surface area contributed by atoms with Crippen LogP contribution in [-0.2, 0) is 17.2 Å². The second-order valence-corrected chi connectivity index (χ2v) is 6.82. The summed E-state index contributed by atoms with van der Waals surface area (Å²) in [7, 11) is -0.645. The zero-order valence-corrected chi connectivity index (χ0v) is 10.8. The summed E-state index contributed by atoms with van der Waals surface area (Å²) in [6.45, 7) is 0. The lowest BCUT2D eigenvalue weighted by Crippen LogP contribution is -2.43. The third kappa shape index (κ3) is 1.94. The number of nitrogens with zero attached hydrogens (tertiary/aromatic N) is 2. The second-order valence-electron chi connectivity index (χ2n) is 3.83. The molecule has 4 nitrogen and oxygen atoms in total. The lowest BCUT2D eigenvalue weighted by Gasteiger charge is -2.26. The van der Waals surface area contributed by atoms with Gasteiger partial charge < -0.3 is 5.32 Å². The number of hydrogen-bond acceptors (Lipinski definition) is 5. The van der Waals surface area contributed by atoms with Crippen molar-refractivity contribution in [3.63, 3.8) is 0 Å². The Morgan fingerprint density at radius 2 is 2.25 bits per heavy atom. The molecule has 86 valence electrons. The molecule has 1 aromatic heterocycles. The number of anilines is 1. The van der Waals surface area contributed by atoms with E-state index >= 15 is 0 Å². The van der Waals surface area contributed by atoms with Crippen LogP contribution in [0.1, 0.15) is 5.69 Å². The van der Waals surface area contributed by atoms with Crippen LogP contribution >= 0.6 is 23.4 Å². The number of thioether (sulfide) groups is 1. The maximum absolute atomic E-state index is 11.0. The number of hydrogen-bond donors (Lipinski definition) is 1. The van der Waals surface area contributed by atoms with E-state index in [0.29, 0.717) is 16.8 Å². The van der Waals surface area contributed by atoms with Gasteiger partial charge in [-0.1, -0.05) is 0 Å². The molecule has 16 heavy (non-hydrogen) atoms. The number of rotatable bonds is 2. The van der Waals surface area contributed by atoms with Crippen LogP contribution in [0, 0.1) is 0 Å². The van der Waals surface area contributed by atoms with Crippen molar-refractivity contribution < 1.29 is 4.21 Å². The van der Waals surface area contributed by atoms with Gasteiger partial charge >= 0.3 is 0 Å². The first-order valence-corrected chi connectivity index (χ1v) is 7.88. The fraction of sp³-hybridized carbons (Fsp3) is 0.556. The molecule has 0 atom stereocenters. The Bertz CT molecular complexity index is 460. The van der Waals surface area contributed by atoms with E-state index in [4.69, 9.17) is 11.6 Å². The van der Waals surface area contributed by atoms with E-state index in [9.17, 15) is 4.21 Å². The summed E-state index contributed by atoms with van der Waals surface area (Å²) >= 11 is 7.63. The Kier molecular flexibility index (Phi) is 2.81. The number of aromatic nitrogens is 2. The first kappa shape index (κ1) is 10.8. The molecular formula is C9H10ClN3OS2. The van der Waals surface area contributed by atoms with Gasteiger partial charge in [-0.2, -0.15) is 4.98 Å². The highest BCUT2D eigenvalue weighted by Gasteiger charge is 2.28. The summed E-state index contributed by atoms with van der Waals surface area (Å²) in [5.41, 5.74) is 1.04. The van der Waals surface area contributed by atoms with Gasteiger partial charge in [-0.15, -0.1) is 11.8 Å². The molecule has 1 saturated heterocycles. The summed E-state index contributed by atoms with van der Waals surface area (Å²) < 4.78 is 11.0. The molecule has 0 radical (unpaired) electrons. The highest BCUT2D eigenvalue weighted by molar-refractivity contribution is 7.99. The quantitative estimate of drug-likeness (QED) is 0.825. The van der Waals surface area contributed by atoms with Gasteiger partial charge in [0.25, 0.3) is 0 Å². The first-order chi connectivity index (χ1) is 7.72. The number of aryl methyl sites for hydroxylation is 1. The topological polar surface area (TPSA) is 54.9 Å². The predicted molar refractivity (Wildman–Crippen MR) is 66.8 cm³/mol. The van der Waals surface area contributed by atoms with Crippen LogP contribution in [0.4, 0.5) is 5.82 Å². The van der Waals surface area contributed by atoms with Crippen molar-refractivity contribution in [1.29, 1.82) is 0 Å². The highest BCUT2D eigenvalue weighted by atomic mass is 35.5. The summed E-state index contributed by atoms with van der Waals surface area (Å²) in [5.74, 6) is 3.27. The molecule has 3 heterocycles. The molecule has 0 aromatic carbocycles. The minimum absolute atomic E-state index is 0.275. The van der Waals surface area contributed by atoms with E-state index in [1.54, 1.807) is 11.8 Å². The second kappa shape index (κ2) is 4.16. The Morgan fingerprint density at radius 1 is 1.44 bits per heavy atom. The van der Waals surface area contributed by atoms with Crippen LogP contribution in [-0.4, -0.2) is 37.5 Å². The fourth-order valence-electron chi connectivity index (χ4n) is 1.81. The molecule has 0 bridgehead atoms. The standard InChI is InChI=1S/C9H10ClN3OS2/c10-9-12-6-1-2-15-7(6)8(13-9)11-5-3-16(14)4-5/h5H,1-4H2,(H,11,12,13). The molecule has 2 aliphatic rings. The monoisotopic (exact) mass is 275 g/mol. The summed E-state index contributed by atoms with van der Waals surface area (Å²) in [5, 5.41) is 3.60. The van der Waals surface area contributed by atoms with Gasteiger partial charge in [-0.05, 0) is 11.6 Å². The molecule has 1 N–H and O–H groups in total. The third-order valence-electron chi connectivity index (χ3n) is 2.61. The van der Waals surface area contributed by atoms with Gasteiger partial charge in [0.15, 0.2) is 0 Å². The van der Waals surface area contributed by atoms with Crippen LogP contribution in [0.3, 0.4) is 0 Å². The largest absolute Gasteiger partial charge is 0.364 e. The number of halogens is 1. The average Bonchev–Trinajstić information content (AvgIpc) is 2.62. The number of fused-ring (bicyclic) bond motifs is 1. The van der Waals surface area contributed by atoms with E-state index in [-0.39, 0.29) is 6.04 Å². The Balaban J connectivity index is 1.86. The van der Waals surface area contributed by atoms with Crippen molar-refractivity contribution in [2.45, 2.75) is 17.4 Å². The van der Waals surface area contributed by atoms with E-state index < -0.39 is 10.8 Å². The van der Waals surface area contributed by atoms with Crippen LogP contribution in [0.5, 0.6) is 0 Å². The van der Waals surface area contributed by atoms with Gasteiger partial charge in [0, 0.05) is 34.5 Å². The van der Waals surface area contributed by atoms with Gasteiger partial charge in [0.05, 0.1) is 16.6 Å². The number of nitrogens with one attached hydrogen (secondary N) is 1. The van der Waals surface area contributed by atoms with E-state index in [1.807, 2.05) is 0 Å². The Morgan fingerprint density at radius 3 is 3.00 bits per heavy atom. The molecule has 0 aliphatic carbocycles. The zero-order chi connectivity index (χ0) is 11.1. The predicted octanol–water partition coefficient (Wildman–Crippen LogP) is 1.32. The van der Waals surface area contributed by atoms with Gasteiger partial charge in [0.1, 0.15) is 5.82 Å². The minimum Gasteiger partial charge on any atom is -0.364 e. The molecule has 2 aliphatic heterocycles. The summed E-state index contributed by atoms with van der Waals surface area (Å²) in [6, 6.07) is 0.275. The van der Waals surface area contributed by atoms with Crippen molar-refractivity contribution in [1.82, 2.24) is 9.97 Å². The minimum atomic E-state index is -0.645. The molecule has 0 spiro atoms. The SMILES string of the molecule is O=S1CC(Nc2nc(Cl)nc3c2SCC3)C1. The van der Waals surface area contributed by atoms with Crippen molar-refractivity contribution >= 4 is 40.0 Å². The van der Waals surface area contributed by atoms with Crippen LogP contribution in [0.15, 0.2) is 4.90 Å². The fourth-order valence-corrected chi connectivity index (χ4v) is 4.02. The van der Waals surface area contributed by atoms with E-state index in [0.717, 1.165) is 28.6 Å². The molecule has 1 aromatic rings.